The number of phenolic OH excluding ortho intramolecular Hbond substituents is 2. The third kappa shape index (κ3) is 5.14. The highest BCUT2D eigenvalue weighted by molar-refractivity contribution is 5.41. The van der Waals surface area contributed by atoms with Crippen molar-refractivity contribution in [3.63, 3.8) is 0 Å². The van der Waals surface area contributed by atoms with Gasteiger partial charge in [-0.1, -0.05) is 65.8 Å². The van der Waals surface area contributed by atoms with Crippen molar-refractivity contribution in [2.45, 2.75) is 47.0 Å². The van der Waals surface area contributed by atoms with Gasteiger partial charge < -0.3 is 10.2 Å². The second kappa shape index (κ2) is 9.06. The molecule has 0 saturated heterocycles. The quantitative estimate of drug-likeness (QED) is 0.768. The van der Waals surface area contributed by atoms with E-state index in [2.05, 4.69) is 13.8 Å². The topological polar surface area (TPSA) is 40.5 Å². The van der Waals surface area contributed by atoms with E-state index in [0.717, 1.165) is 11.1 Å². The van der Waals surface area contributed by atoms with Gasteiger partial charge in [0.1, 0.15) is 11.5 Å². The molecule has 0 aliphatic rings. The molecule has 2 heteroatoms. The average Bonchev–Trinajstić information content (AvgIpc) is 2.52. The number of phenols is 2. The third-order valence-corrected chi connectivity index (χ3v) is 3.18. The van der Waals surface area contributed by atoms with Crippen molar-refractivity contribution in [2.75, 3.05) is 0 Å². The summed E-state index contributed by atoms with van der Waals surface area (Å²) in [6.07, 6.45) is 0. The Labute approximate surface area is 129 Å². The number of rotatable bonds is 2. The molecule has 2 N–H and O–H groups in total. The van der Waals surface area contributed by atoms with Crippen LogP contribution in [0, 0.1) is 0 Å². The molecular weight excluding hydrogens is 260 g/mol. The van der Waals surface area contributed by atoms with E-state index in [1.807, 2.05) is 52.0 Å². The van der Waals surface area contributed by atoms with Crippen molar-refractivity contribution in [2.24, 2.45) is 0 Å². The van der Waals surface area contributed by atoms with E-state index in [9.17, 15) is 10.2 Å². The highest BCUT2D eigenvalue weighted by Crippen LogP contribution is 2.32. The van der Waals surface area contributed by atoms with Crippen LogP contribution >= 0.6 is 0 Å². The molecule has 0 bridgehead atoms. The summed E-state index contributed by atoms with van der Waals surface area (Å²) in [7, 11) is 0. The predicted octanol–water partition coefficient (Wildman–Crippen LogP) is 5.48. The van der Waals surface area contributed by atoms with Crippen molar-refractivity contribution in [1.82, 2.24) is 0 Å². The Morgan fingerprint density at radius 1 is 0.571 bits per heavy atom. The second-order valence-corrected chi connectivity index (χ2v) is 4.72. The predicted molar refractivity (Wildman–Crippen MR) is 91.0 cm³/mol. The van der Waals surface area contributed by atoms with Gasteiger partial charge in [0.25, 0.3) is 0 Å². The van der Waals surface area contributed by atoms with Crippen LogP contribution in [0.25, 0.3) is 0 Å². The Kier molecular flexibility index (Phi) is 8.22. The average molecular weight is 288 g/mol. The lowest BCUT2D eigenvalue weighted by molar-refractivity contribution is 0.474. The van der Waals surface area contributed by atoms with E-state index >= 15 is 0 Å². The normalized spacial score (nSPS) is 9.81. The van der Waals surface area contributed by atoms with Crippen LogP contribution in [-0.2, 0) is 5.41 Å². The Morgan fingerprint density at radius 3 is 1.05 bits per heavy atom. The van der Waals surface area contributed by atoms with Crippen LogP contribution in [0.15, 0.2) is 48.5 Å². The minimum atomic E-state index is -0.151. The van der Waals surface area contributed by atoms with Crippen LogP contribution < -0.4 is 0 Å². The summed E-state index contributed by atoms with van der Waals surface area (Å²) in [5, 5.41) is 18.6. The van der Waals surface area contributed by atoms with E-state index in [-0.39, 0.29) is 16.9 Å². The van der Waals surface area contributed by atoms with E-state index in [1.54, 1.807) is 24.3 Å². The summed E-state index contributed by atoms with van der Waals surface area (Å²) in [6.45, 7) is 12.2. The highest BCUT2D eigenvalue weighted by atomic mass is 16.3. The molecule has 2 rings (SSSR count). The first-order chi connectivity index (χ1) is 10.00. The van der Waals surface area contributed by atoms with Crippen molar-refractivity contribution in [3.8, 4) is 11.5 Å². The minimum Gasteiger partial charge on any atom is -0.508 e. The molecule has 2 nitrogen and oxygen atoms in total. The summed E-state index contributed by atoms with van der Waals surface area (Å²) in [5.74, 6) is 0.547. The maximum Gasteiger partial charge on any atom is 0.115 e. The van der Waals surface area contributed by atoms with Gasteiger partial charge in [0, 0.05) is 5.41 Å². The molecule has 116 valence electrons. The van der Waals surface area contributed by atoms with Crippen LogP contribution in [0.5, 0.6) is 11.5 Å². The SMILES string of the molecule is CC.CC.CC(C)(c1ccc(O)cc1)c1ccc(O)cc1. The van der Waals surface area contributed by atoms with Crippen LogP contribution in [0.4, 0.5) is 0 Å². The molecule has 0 spiro atoms. The third-order valence-electron chi connectivity index (χ3n) is 3.18. The summed E-state index contributed by atoms with van der Waals surface area (Å²) in [6, 6.07) is 14.4. The molecule has 0 fully saturated rings. The van der Waals surface area contributed by atoms with Gasteiger partial charge in [-0.15, -0.1) is 0 Å². The van der Waals surface area contributed by atoms with Gasteiger partial charge in [0.2, 0.25) is 0 Å². The molecule has 0 saturated carbocycles. The minimum absolute atomic E-state index is 0.151. The van der Waals surface area contributed by atoms with Gasteiger partial charge in [0.15, 0.2) is 0 Å². The maximum absolute atomic E-state index is 9.30. The summed E-state index contributed by atoms with van der Waals surface area (Å²) < 4.78 is 0. The van der Waals surface area contributed by atoms with Gasteiger partial charge >= 0.3 is 0 Å². The van der Waals surface area contributed by atoms with E-state index in [1.165, 1.54) is 0 Å². The number of hydrogen-bond acceptors (Lipinski definition) is 2. The summed E-state index contributed by atoms with van der Waals surface area (Å²) in [5.41, 5.74) is 2.10. The molecule has 2 aromatic carbocycles. The Bertz CT molecular complexity index is 449. The first kappa shape index (κ1) is 19.0. The molecule has 21 heavy (non-hydrogen) atoms. The molecule has 0 aliphatic carbocycles. The van der Waals surface area contributed by atoms with Crippen LogP contribution in [0.3, 0.4) is 0 Å². The standard InChI is InChI=1S/C15H16O2.2C2H6/c1-15(2,11-3-7-13(16)8-4-11)12-5-9-14(17)10-6-12;2*1-2/h3-10,16-17H,1-2H3;2*1-2H3. The summed E-state index contributed by atoms with van der Waals surface area (Å²) >= 11 is 0. The fourth-order valence-electron chi connectivity index (χ4n) is 1.92. The van der Waals surface area contributed by atoms with Gasteiger partial charge in [-0.25, -0.2) is 0 Å². The van der Waals surface area contributed by atoms with Crippen molar-refractivity contribution < 1.29 is 10.2 Å². The largest absolute Gasteiger partial charge is 0.508 e. The number of benzene rings is 2. The van der Waals surface area contributed by atoms with Gasteiger partial charge in [-0.2, -0.15) is 0 Å². The lowest BCUT2D eigenvalue weighted by Crippen LogP contribution is -2.18. The van der Waals surface area contributed by atoms with Crippen molar-refractivity contribution in [3.05, 3.63) is 59.7 Å². The Hall–Kier alpha value is -1.96. The molecule has 0 aromatic heterocycles. The van der Waals surface area contributed by atoms with Crippen LogP contribution in [0.2, 0.25) is 0 Å². The van der Waals surface area contributed by atoms with Gasteiger partial charge in [0.05, 0.1) is 0 Å². The Morgan fingerprint density at radius 2 is 0.810 bits per heavy atom. The van der Waals surface area contributed by atoms with E-state index < -0.39 is 0 Å². The molecule has 0 unspecified atom stereocenters. The highest BCUT2D eigenvalue weighted by Gasteiger charge is 2.22. The maximum atomic E-state index is 9.30. The monoisotopic (exact) mass is 288 g/mol. The molecule has 0 aliphatic heterocycles. The molecular formula is C19H28O2. The number of hydrogen-bond donors (Lipinski definition) is 2. The van der Waals surface area contributed by atoms with Crippen molar-refractivity contribution in [1.29, 1.82) is 0 Å². The lowest BCUT2D eigenvalue weighted by atomic mass is 9.78. The zero-order chi connectivity index (χ0) is 16.5. The van der Waals surface area contributed by atoms with Crippen LogP contribution in [0.1, 0.15) is 52.7 Å². The smallest absolute Gasteiger partial charge is 0.115 e. The Balaban J connectivity index is 0.000000921. The van der Waals surface area contributed by atoms with Crippen LogP contribution in [-0.4, -0.2) is 10.2 Å². The molecule has 0 radical (unpaired) electrons. The summed E-state index contributed by atoms with van der Waals surface area (Å²) in [4.78, 5) is 0. The lowest BCUT2D eigenvalue weighted by Gasteiger charge is -2.26. The fraction of sp³-hybridized carbons (Fsp3) is 0.368. The zero-order valence-corrected chi connectivity index (χ0v) is 14.0. The van der Waals surface area contributed by atoms with E-state index in [4.69, 9.17) is 0 Å². The first-order valence-electron chi connectivity index (χ1n) is 7.59. The molecule has 0 atom stereocenters. The second-order valence-electron chi connectivity index (χ2n) is 4.72. The first-order valence-corrected chi connectivity index (χ1v) is 7.59. The van der Waals surface area contributed by atoms with Crippen molar-refractivity contribution >= 4 is 0 Å². The molecule has 0 amide bonds. The molecule has 0 heterocycles. The van der Waals surface area contributed by atoms with E-state index in [0.29, 0.717) is 0 Å². The zero-order valence-electron chi connectivity index (χ0n) is 14.0. The van der Waals surface area contributed by atoms with Gasteiger partial charge in [-0.3, -0.25) is 0 Å². The van der Waals surface area contributed by atoms with Gasteiger partial charge in [-0.05, 0) is 35.4 Å². The fourth-order valence-corrected chi connectivity index (χ4v) is 1.92. The molecule has 2 aromatic rings. The number of aromatic hydroxyl groups is 2.